The van der Waals surface area contributed by atoms with Crippen molar-refractivity contribution in [2.24, 2.45) is 10.7 Å². The summed E-state index contributed by atoms with van der Waals surface area (Å²) in [6, 6.07) is 18.4. The molecule has 2 heterocycles. The third-order valence-corrected chi connectivity index (χ3v) is 4.93. The van der Waals surface area contributed by atoms with Crippen LogP contribution in [0.2, 0.25) is 0 Å². The molecule has 0 fully saturated rings. The summed E-state index contributed by atoms with van der Waals surface area (Å²) in [5, 5.41) is 7.94. The molecule has 0 saturated carbocycles. The van der Waals surface area contributed by atoms with Crippen LogP contribution in [0.1, 0.15) is 35.0 Å². The predicted octanol–water partition coefficient (Wildman–Crippen LogP) is 3.42. The number of nitrogens with one attached hydrogen (secondary N) is 1. The fourth-order valence-corrected chi connectivity index (χ4v) is 3.61. The number of ether oxygens (including phenoxy) is 1. The average molecular weight is 375 g/mol. The topological polar surface area (TPSA) is 77.5 Å². The smallest absolute Gasteiger partial charge is 0.189 e. The third-order valence-electron chi connectivity index (χ3n) is 4.93. The van der Waals surface area contributed by atoms with Gasteiger partial charge in [-0.25, -0.2) is 9.67 Å². The van der Waals surface area contributed by atoms with E-state index < -0.39 is 0 Å². The van der Waals surface area contributed by atoms with Gasteiger partial charge in [-0.05, 0) is 37.6 Å². The summed E-state index contributed by atoms with van der Waals surface area (Å²) in [6.07, 6.45) is 0.857. The molecule has 28 heavy (non-hydrogen) atoms. The summed E-state index contributed by atoms with van der Waals surface area (Å²) < 4.78 is 7.67. The Morgan fingerprint density at radius 2 is 2.00 bits per heavy atom. The second kappa shape index (κ2) is 7.76. The van der Waals surface area contributed by atoms with E-state index in [9.17, 15) is 0 Å². The second-order valence-corrected chi connectivity index (χ2v) is 7.04. The van der Waals surface area contributed by atoms with Gasteiger partial charge in [0.05, 0.1) is 30.6 Å². The molecule has 1 unspecified atom stereocenters. The van der Waals surface area contributed by atoms with Gasteiger partial charge >= 0.3 is 0 Å². The van der Waals surface area contributed by atoms with E-state index in [0.29, 0.717) is 19.1 Å². The number of nitrogens with zero attached hydrogens (tertiary/aromatic N) is 3. The minimum absolute atomic E-state index is 0.111. The summed E-state index contributed by atoms with van der Waals surface area (Å²) in [6.45, 7) is 5.21. The van der Waals surface area contributed by atoms with Crippen LogP contribution in [0.4, 0.5) is 0 Å². The van der Waals surface area contributed by atoms with E-state index in [2.05, 4.69) is 46.6 Å². The zero-order chi connectivity index (χ0) is 19.5. The lowest BCUT2D eigenvalue weighted by Crippen LogP contribution is -2.37. The van der Waals surface area contributed by atoms with Gasteiger partial charge in [0.2, 0.25) is 0 Å². The first-order valence-corrected chi connectivity index (χ1v) is 9.51. The van der Waals surface area contributed by atoms with Crippen LogP contribution in [-0.4, -0.2) is 22.3 Å². The molecule has 4 rings (SSSR count). The summed E-state index contributed by atoms with van der Waals surface area (Å²) in [7, 11) is 0. The molecule has 0 spiro atoms. The zero-order valence-corrected chi connectivity index (χ0v) is 16.2. The molecule has 1 aromatic heterocycles. The highest BCUT2D eigenvalue weighted by molar-refractivity contribution is 5.78. The number of benzene rings is 2. The number of rotatable bonds is 4. The predicted molar refractivity (Wildman–Crippen MR) is 111 cm³/mol. The maximum absolute atomic E-state index is 6.21. The van der Waals surface area contributed by atoms with Gasteiger partial charge in [0.15, 0.2) is 5.96 Å². The first-order valence-electron chi connectivity index (χ1n) is 9.51. The molecule has 3 N–H and O–H groups in total. The zero-order valence-electron chi connectivity index (χ0n) is 16.2. The molecule has 1 atom stereocenters. The van der Waals surface area contributed by atoms with Gasteiger partial charge in [-0.15, -0.1) is 0 Å². The first-order chi connectivity index (χ1) is 13.6. The maximum Gasteiger partial charge on any atom is 0.189 e. The van der Waals surface area contributed by atoms with E-state index in [1.54, 1.807) is 0 Å². The molecule has 0 saturated heterocycles. The second-order valence-electron chi connectivity index (χ2n) is 7.04. The monoisotopic (exact) mass is 375 g/mol. The molecule has 1 aliphatic rings. The Hall–Kier alpha value is -3.28. The van der Waals surface area contributed by atoms with Crippen LogP contribution < -0.4 is 15.8 Å². The Bertz CT molecular complexity index is 1010. The van der Waals surface area contributed by atoms with Crippen molar-refractivity contribution in [3.8, 4) is 11.4 Å². The molecule has 144 valence electrons. The van der Waals surface area contributed by atoms with Crippen molar-refractivity contribution in [2.75, 3.05) is 6.61 Å². The van der Waals surface area contributed by atoms with E-state index in [1.165, 1.54) is 0 Å². The number of aliphatic imine (C=N–C) groups is 1. The number of aromatic nitrogens is 2. The number of hydrogen-bond acceptors (Lipinski definition) is 3. The van der Waals surface area contributed by atoms with Gasteiger partial charge in [-0.1, -0.05) is 36.4 Å². The summed E-state index contributed by atoms with van der Waals surface area (Å²) in [5.41, 5.74) is 11.5. The van der Waals surface area contributed by atoms with Gasteiger partial charge in [0.1, 0.15) is 5.75 Å². The van der Waals surface area contributed by atoms with Crippen molar-refractivity contribution < 1.29 is 4.74 Å². The molecule has 6 heteroatoms. The van der Waals surface area contributed by atoms with E-state index in [-0.39, 0.29) is 6.04 Å². The van der Waals surface area contributed by atoms with E-state index >= 15 is 0 Å². The minimum atomic E-state index is 0.111. The van der Waals surface area contributed by atoms with Crippen LogP contribution in [0.3, 0.4) is 0 Å². The highest BCUT2D eigenvalue weighted by atomic mass is 16.5. The van der Waals surface area contributed by atoms with Crippen molar-refractivity contribution in [3.63, 3.8) is 0 Å². The largest absolute Gasteiger partial charge is 0.493 e. The standard InChI is InChI=1S/C22H25N5O/c1-15-13-16(2)27(26-15)20-9-5-3-7-17(20)14-24-22(23)25-19-11-12-28-21-10-6-4-8-18(19)21/h3-10,13,19H,11-12,14H2,1-2H3,(H3,23,24,25). The summed E-state index contributed by atoms with van der Waals surface area (Å²) in [4.78, 5) is 4.59. The number of guanidine groups is 1. The fraction of sp³-hybridized carbons (Fsp3) is 0.273. The Labute approximate surface area is 165 Å². The first kappa shape index (κ1) is 18.1. The molecule has 0 radical (unpaired) electrons. The molecule has 0 amide bonds. The lowest BCUT2D eigenvalue weighted by atomic mass is 10.0. The Balaban J connectivity index is 1.52. The van der Waals surface area contributed by atoms with Crippen LogP contribution in [0, 0.1) is 13.8 Å². The van der Waals surface area contributed by atoms with Crippen molar-refractivity contribution >= 4 is 5.96 Å². The lowest BCUT2D eigenvalue weighted by molar-refractivity contribution is 0.262. The van der Waals surface area contributed by atoms with Gasteiger partial charge in [0, 0.05) is 17.7 Å². The Morgan fingerprint density at radius 1 is 1.21 bits per heavy atom. The summed E-state index contributed by atoms with van der Waals surface area (Å²) >= 11 is 0. The van der Waals surface area contributed by atoms with Crippen molar-refractivity contribution in [3.05, 3.63) is 77.1 Å². The maximum atomic E-state index is 6.21. The molecule has 2 aromatic carbocycles. The molecule has 0 aliphatic carbocycles. The van der Waals surface area contributed by atoms with Crippen LogP contribution >= 0.6 is 0 Å². The van der Waals surface area contributed by atoms with Crippen molar-refractivity contribution in [1.29, 1.82) is 0 Å². The van der Waals surface area contributed by atoms with Gasteiger partial charge < -0.3 is 15.8 Å². The van der Waals surface area contributed by atoms with E-state index in [4.69, 9.17) is 10.5 Å². The number of fused-ring (bicyclic) bond motifs is 1. The normalized spacial score (nSPS) is 16.4. The van der Waals surface area contributed by atoms with Crippen LogP contribution in [-0.2, 0) is 6.54 Å². The highest BCUT2D eigenvalue weighted by Gasteiger charge is 2.21. The molecule has 0 bridgehead atoms. The van der Waals surface area contributed by atoms with Crippen molar-refractivity contribution in [1.82, 2.24) is 15.1 Å². The SMILES string of the molecule is Cc1cc(C)n(-c2ccccc2CN=C(N)NC2CCOc3ccccc32)n1. The fourth-order valence-electron chi connectivity index (χ4n) is 3.61. The van der Waals surface area contributed by atoms with Gasteiger partial charge in [0.25, 0.3) is 0 Å². The van der Waals surface area contributed by atoms with E-state index in [0.717, 1.165) is 40.4 Å². The van der Waals surface area contributed by atoms with Crippen LogP contribution in [0.25, 0.3) is 5.69 Å². The molecule has 6 nitrogen and oxygen atoms in total. The van der Waals surface area contributed by atoms with Gasteiger partial charge in [-0.2, -0.15) is 5.10 Å². The molecular weight excluding hydrogens is 350 g/mol. The molecule has 1 aliphatic heterocycles. The summed E-state index contributed by atoms with van der Waals surface area (Å²) in [5.74, 6) is 1.35. The van der Waals surface area contributed by atoms with E-state index in [1.807, 2.05) is 41.9 Å². The average Bonchev–Trinajstić information content (AvgIpc) is 3.05. The van der Waals surface area contributed by atoms with Crippen LogP contribution in [0.15, 0.2) is 59.6 Å². The van der Waals surface area contributed by atoms with Crippen molar-refractivity contribution in [2.45, 2.75) is 32.9 Å². The third kappa shape index (κ3) is 3.71. The number of nitrogens with two attached hydrogens (primary N) is 1. The Morgan fingerprint density at radius 3 is 2.82 bits per heavy atom. The number of aryl methyl sites for hydroxylation is 2. The highest BCUT2D eigenvalue weighted by Crippen LogP contribution is 2.31. The van der Waals surface area contributed by atoms with Gasteiger partial charge in [-0.3, -0.25) is 0 Å². The quantitative estimate of drug-likeness (QED) is 0.541. The lowest BCUT2D eigenvalue weighted by Gasteiger charge is -2.27. The number of para-hydroxylation sites is 2. The number of hydrogen-bond donors (Lipinski definition) is 2. The molecule has 3 aromatic rings. The molecular formula is C22H25N5O. The Kier molecular flexibility index (Phi) is 5.02. The van der Waals surface area contributed by atoms with Crippen LogP contribution in [0.5, 0.6) is 5.75 Å². The minimum Gasteiger partial charge on any atom is -0.493 e.